The number of carboxylic acid groups (broad SMARTS) is 1. The highest BCUT2D eigenvalue weighted by molar-refractivity contribution is 5.90. The van der Waals surface area contributed by atoms with E-state index in [1.165, 1.54) is 5.56 Å². The Labute approximate surface area is 237 Å². The number of pyridine rings is 1. The number of aryl methyl sites for hydroxylation is 2. The van der Waals surface area contributed by atoms with Gasteiger partial charge in [-0.15, -0.1) is 0 Å². The van der Waals surface area contributed by atoms with Crippen LogP contribution in [0.4, 0.5) is 0 Å². The Balaban J connectivity index is 1.70. The van der Waals surface area contributed by atoms with Crippen LogP contribution in [0.15, 0.2) is 73.1 Å². The van der Waals surface area contributed by atoms with E-state index in [1.807, 2.05) is 52.0 Å². The molecule has 0 aliphatic carbocycles. The van der Waals surface area contributed by atoms with Crippen molar-refractivity contribution in [3.05, 3.63) is 89.7 Å². The molecule has 3 rings (SSSR count). The summed E-state index contributed by atoms with van der Waals surface area (Å²) in [6.45, 7) is 9.55. The van der Waals surface area contributed by atoms with Gasteiger partial charge in [-0.3, -0.25) is 19.4 Å². The molecule has 1 aromatic heterocycles. The maximum absolute atomic E-state index is 13.4. The van der Waals surface area contributed by atoms with Crippen LogP contribution in [0, 0.1) is 18.3 Å². The molecule has 2 aromatic carbocycles. The first-order valence-electron chi connectivity index (χ1n) is 13.8. The van der Waals surface area contributed by atoms with Crippen molar-refractivity contribution < 1.29 is 19.5 Å². The quantitative estimate of drug-likeness (QED) is 0.264. The van der Waals surface area contributed by atoms with Crippen LogP contribution in [0.5, 0.6) is 0 Å². The molecule has 3 aromatic rings. The first-order valence-corrected chi connectivity index (χ1v) is 13.8. The molecule has 0 saturated heterocycles. The number of rotatable bonds is 12. The molecule has 7 nitrogen and oxygen atoms in total. The van der Waals surface area contributed by atoms with Crippen molar-refractivity contribution in [2.45, 2.75) is 72.4 Å². The molecule has 0 spiro atoms. The van der Waals surface area contributed by atoms with E-state index in [-0.39, 0.29) is 18.4 Å². The summed E-state index contributed by atoms with van der Waals surface area (Å²) in [7, 11) is 0. The fourth-order valence-electron chi connectivity index (χ4n) is 4.86. The monoisotopic (exact) mass is 543 g/mol. The molecule has 0 aliphatic heterocycles. The molecule has 3 atom stereocenters. The van der Waals surface area contributed by atoms with E-state index >= 15 is 0 Å². The lowest BCUT2D eigenvalue weighted by Crippen LogP contribution is -2.55. The van der Waals surface area contributed by atoms with Crippen LogP contribution in [0.3, 0.4) is 0 Å². The lowest BCUT2D eigenvalue weighted by atomic mass is 9.85. The van der Waals surface area contributed by atoms with Gasteiger partial charge in [-0.1, -0.05) is 80.9 Å². The molecule has 0 radical (unpaired) electrons. The predicted molar refractivity (Wildman–Crippen MR) is 157 cm³/mol. The summed E-state index contributed by atoms with van der Waals surface area (Å²) >= 11 is 0. The molecule has 0 saturated carbocycles. The van der Waals surface area contributed by atoms with Crippen LogP contribution < -0.4 is 10.6 Å². The zero-order valence-electron chi connectivity index (χ0n) is 24.1. The van der Waals surface area contributed by atoms with Crippen LogP contribution in [-0.4, -0.2) is 33.9 Å². The Bertz CT molecular complexity index is 1300. The molecule has 212 valence electrons. The molecule has 0 aliphatic rings. The van der Waals surface area contributed by atoms with Gasteiger partial charge in [-0.25, -0.2) is 0 Å². The second-order valence-electron chi connectivity index (χ2n) is 11.5. The normalized spacial score (nSPS) is 13.6. The van der Waals surface area contributed by atoms with Gasteiger partial charge in [0.2, 0.25) is 11.8 Å². The molecular formula is C33H41N3O4. The van der Waals surface area contributed by atoms with E-state index in [1.54, 1.807) is 18.5 Å². The van der Waals surface area contributed by atoms with Crippen LogP contribution >= 0.6 is 0 Å². The summed E-state index contributed by atoms with van der Waals surface area (Å²) in [5, 5.41) is 15.4. The molecule has 7 heteroatoms. The summed E-state index contributed by atoms with van der Waals surface area (Å²) in [5.74, 6) is -2.53. The molecule has 2 amide bonds. The lowest BCUT2D eigenvalue weighted by molar-refractivity contribution is -0.142. The van der Waals surface area contributed by atoms with Crippen LogP contribution in [0.2, 0.25) is 0 Å². The van der Waals surface area contributed by atoms with Crippen molar-refractivity contribution in [3.8, 4) is 11.1 Å². The molecule has 0 fully saturated rings. The van der Waals surface area contributed by atoms with Crippen molar-refractivity contribution >= 4 is 17.8 Å². The third kappa shape index (κ3) is 8.76. The molecule has 0 bridgehead atoms. The highest BCUT2D eigenvalue weighted by Crippen LogP contribution is 2.27. The summed E-state index contributed by atoms with van der Waals surface area (Å²) in [6, 6.07) is 19.0. The maximum atomic E-state index is 13.4. The van der Waals surface area contributed by atoms with Gasteiger partial charge in [0.1, 0.15) is 6.04 Å². The number of benzene rings is 2. The maximum Gasteiger partial charge on any atom is 0.304 e. The number of nitrogens with one attached hydrogen (secondary N) is 2. The van der Waals surface area contributed by atoms with Gasteiger partial charge in [-0.2, -0.15) is 0 Å². The lowest BCUT2D eigenvalue weighted by Gasteiger charge is -2.32. The fraction of sp³-hybridized carbons (Fsp3) is 0.394. The van der Waals surface area contributed by atoms with Crippen molar-refractivity contribution in [2.75, 3.05) is 0 Å². The van der Waals surface area contributed by atoms with E-state index in [2.05, 4.69) is 52.9 Å². The Morgan fingerprint density at radius 2 is 1.70 bits per heavy atom. The fourth-order valence-corrected chi connectivity index (χ4v) is 4.86. The molecule has 3 N–H and O–H groups in total. The van der Waals surface area contributed by atoms with E-state index < -0.39 is 29.3 Å². The number of carbonyl (C=O) groups is 3. The first-order chi connectivity index (χ1) is 19.0. The average molecular weight is 544 g/mol. The van der Waals surface area contributed by atoms with Crippen molar-refractivity contribution in [1.29, 1.82) is 0 Å². The number of carbonyl (C=O) groups excluding carboxylic acids is 2. The standard InChI is InChI=1S/C33H41N3O4/c1-22-11-8-14-25(19-22)28-17-7-6-12-24(28)13-9-15-26(20-29(37)38)31(39)36-30(33(3,4)5)32(40)35-23(2)27-16-10-18-34-21-27/h6-8,10-12,14,16-19,21,23,26,30H,9,13,15,20H2,1-5H3,(H,35,40)(H,36,39)(H,37,38). The Morgan fingerprint density at radius 3 is 2.35 bits per heavy atom. The van der Waals surface area contributed by atoms with Gasteiger partial charge >= 0.3 is 5.97 Å². The smallest absolute Gasteiger partial charge is 0.304 e. The van der Waals surface area contributed by atoms with Gasteiger partial charge in [0.15, 0.2) is 0 Å². The summed E-state index contributed by atoms with van der Waals surface area (Å²) in [6.07, 6.45) is 4.80. The zero-order valence-corrected chi connectivity index (χ0v) is 24.1. The predicted octanol–water partition coefficient (Wildman–Crippen LogP) is 5.88. The number of carboxylic acids is 1. The van der Waals surface area contributed by atoms with Crippen molar-refractivity contribution in [3.63, 3.8) is 0 Å². The van der Waals surface area contributed by atoms with E-state index in [4.69, 9.17) is 0 Å². The van der Waals surface area contributed by atoms with E-state index in [0.717, 1.165) is 22.3 Å². The van der Waals surface area contributed by atoms with E-state index in [0.29, 0.717) is 19.3 Å². The Morgan fingerprint density at radius 1 is 0.950 bits per heavy atom. The highest BCUT2D eigenvalue weighted by atomic mass is 16.4. The average Bonchev–Trinajstić information content (AvgIpc) is 2.90. The van der Waals surface area contributed by atoms with Gasteiger partial charge < -0.3 is 15.7 Å². The SMILES string of the molecule is Cc1cccc(-c2ccccc2CCCC(CC(=O)O)C(=O)NC(C(=O)NC(C)c2cccnc2)C(C)(C)C)c1. The number of nitrogens with zero attached hydrogens (tertiary/aromatic N) is 1. The summed E-state index contributed by atoms with van der Waals surface area (Å²) in [4.78, 5) is 42.5. The number of amides is 2. The third-order valence-electron chi connectivity index (χ3n) is 7.09. The largest absolute Gasteiger partial charge is 0.481 e. The summed E-state index contributed by atoms with van der Waals surface area (Å²) < 4.78 is 0. The minimum Gasteiger partial charge on any atom is -0.481 e. The zero-order chi connectivity index (χ0) is 29.3. The van der Waals surface area contributed by atoms with E-state index in [9.17, 15) is 19.5 Å². The number of hydrogen-bond donors (Lipinski definition) is 3. The molecular weight excluding hydrogens is 502 g/mol. The third-order valence-corrected chi connectivity index (χ3v) is 7.09. The van der Waals surface area contributed by atoms with Crippen molar-refractivity contribution in [2.24, 2.45) is 11.3 Å². The van der Waals surface area contributed by atoms with Crippen LogP contribution in [0.25, 0.3) is 11.1 Å². The number of aliphatic carboxylic acids is 1. The van der Waals surface area contributed by atoms with Crippen molar-refractivity contribution in [1.82, 2.24) is 15.6 Å². The highest BCUT2D eigenvalue weighted by Gasteiger charge is 2.35. The Kier molecular flexibility index (Phi) is 10.6. The number of hydrogen-bond acceptors (Lipinski definition) is 4. The summed E-state index contributed by atoms with van der Waals surface area (Å²) in [5.41, 5.74) is 4.86. The second kappa shape index (κ2) is 13.9. The van der Waals surface area contributed by atoms with Gasteiger partial charge in [0, 0.05) is 18.3 Å². The van der Waals surface area contributed by atoms with Crippen LogP contribution in [-0.2, 0) is 20.8 Å². The minimum atomic E-state index is -1.04. The minimum absolute atomic E-state index is 0.296. The molecule has 3 unspecified atom stereocenters. The first kappa shape index (κ1) is 30.5. The number of aromatic nitrogens is 1. The Hall–Kier alpha value is -4.00. The second-order valence-corrected chi connectivity index (χ2v) is 11.5. The van der Waals surface area contributed by atoms with Gasteiger partial charge in [0.05, 0.1) is 12.5 Å². The van der Waals surface area contributed by atoms with Gasteiger partial charge in [-0.05, 0) is 66.8 Å². The molecule has 1 heterocycles. The van der Waals surface area contributed by atoms with Gasteiger partial charge in [0.25, 0.3) is 0 Å². The molecule has 40 heavy (non-hydrogen) atoms. The van der Waals surface area contributed by atoms with Crippen LogP contribution in [0.1, 0.15) is 69.7 Å². The topological polar surface area (TPSA) is 108 Å².